The number of alkyl halides is 2. The smallest absolute Gasteiger partial charge is 0.407 e. The fourth-order valence-corrected chi connectivity index (χ4v) is 5.34. The average Bonchev–Trinajstić information content (AvgIpc) is 3.12. The summed E-state index contributed by atoms with van der Waals surface area (Å²) in [5, 5.41) is 11.7. The van der Waals surface area contributed by atoms with E-state index in [0.29, 0.717) is 0 Å². The van der Waals surface area contributed by atoms with Crippen LogP contribution in [0.25, 0.3) is 11.1 Å². The average molecular weight is 484 g/mol. The van der Waals surface area contributed by atoms with E-state index in [1.807, 2.05) is 48.5 Å². The fourth-order valence-electron chi connectivity index (χ4n) is 5.34. The summed E-state index contributed by atoms with van der Waals surface area (Å²) in [6, 6.07) is 15.7. The quantitative estimate of drug-likeness (QED) is 0.652. The van der Waals surface area contributed by atoms with Crippen LogP contribution < -0.4 is 5.32 Å². The van der Waals surface area contributed by atoms with Crippen molar-refractivity contribution in [3.8, 4) is 11.1 Å². The topological polar surface area (TPSA) is 95.9 Å². The summed E-state index contributed by atoms with van der Waals surface area (Å²) >= 11 is 0. The molecule has 2 N–H and O–H groups in total. The third-order valence-electron chi connectivity index (χ3n) is 7.58. The molecule has 0 aromatic heterocycles. The summed E-state index contributed by atoms with van der Waals surface area (Å²) in [5.41, 5.74) is 3.11. The van der Waals surface area contributed by atoms with Crippen LogP contribution in [0.3, 0.4) is 0 Å². The zero-order valence-corrected chi connectivity index (χ0v) is 19.2. The van der Waals surface area contributed by atoms with E-state index in [9.17, 15) is 28.3 Å². The van der Waals surface area contributed by atoms with Crippen molar-refractivity contribution in [2.75, 3.05) is 26.2 Å². The minimum absolute atomic E-state index is 0.0603. The number of amides is 2. The van der Waals surface area contributed by atoms with Crippen LogP contribution in [0.4, 0.5) is 13.6 Å². The Morgan fingerprint density at radius 3 is 2.26 bits per heavy atom. The maximum absolute atomic E-state index is 14.4. The molecule has 3 unspecified atom stereocenters. The van der Waals surface area contributed by atoms with Crippen LogP contribution in [0.15, 0.2) is 48.5 Å². The number of carbonyl (C=O) groups excluding carboxylic acids is 2. The first-order valence-electron chi connectivity index (χ1n) is 11.6. The Morgan fingerprint density at radius 2 is 1.69 bits per heavy atom. The lowest BCUT2D eigenvalue weighted by Crippen LogP contribution is -2.36. The van der Waals surface area contributed by atoms with Crippen LogP contribution >= 0.6 is 0 Å². The number of nitrogens with zero attached hydrogens (tertiary/aromatic N) is 1. The molecule has 1 heterocycles. The molecule has 7 nitrogen and oxygen atoms in total. The maximum Gasteiger partial charge on any atom is 0.407 e. The second-order valence-corrected chi connectivity index (χ2v) is 9.84. The van der Waals surface area contributed by atoms with Crippen molar-refractivity contribution < 1.29 is 33.0 Å². The van der Waals surface area contributed by atoms with Crippen molar-refractivity contribution >= 4 is 18.0 Å². The highest BCUT2D eigenvalue weighted by molar-refractivity contribution is 5.86. The number of halogens is 2. The van der Waals surface area contributed by atoms with Gasteiger partial charge in [-0.05, 0) is 35.6 Å². The first-order chi connectivity index (χ1) is 16.6. The van der Waals surface area contributed by atoms with E-state index in [-0.39, 0.29) is 32.0 Å². The Morgan fingerprint density at radius 1 is 1.09 bits per heavy atom. The van der Waals surface area contributed by atoms with E-state index >= 15 is 0 Å². The summed E-state index contributed by atoms with van der Waals surface area (Å²) in [7, 11) is 0. The lowest BCUT2D eigenvalue weighted by molar-refractivity contribution is -0.147. The number of rotatable bonds is 6. The van der Waals surface area contributed by atoms with E-state index in [2.05, 4.69) is 5.32 Å². The number of hydrogen-bond donors (Lipinski definition) is 2. The lowest BCUT2D eigenvalue weighted by atomic mass is 9.90. The highest BCUT2D eigenvalue weighted by Crippen LogP contribution is 2.56. The van der Waals surface area contributed by atoms with Crippen molar-refractivity contribution in [2.24, 2.45) is 17.3 Å². The molecule has 35 heavy (non-hydrogen) atoms. The SMILES string of the molecule is CC1(C(=O)O)CCN(C(=O)C2C(CNC(=O)OCC3c4ccccc4-c4ccccc43)C2(F)F)C1. The monoisotopic (exact) mass is 484 g/mol. The van der Waals surface area contributed by atoms with Gasteiger partial charge < -0.3 is 20.1 Å². The first-order valence-corrected chi connectivity index (χ1v) is 11.6. The summed E-state index contributed by atoms with van der Waals surface area (Å²) in [6.07, 6.45) is -0.602. The van der Waals surface area contributed by atoms with Crippen LogP contribution in [0.1, 0.15) is 30.4 Å². The number of carbonyl (C=O) groups is 3. The molecular weight excluding hydrogens is 458 g/mol. The molecule has 3 atom stereocenters. The molecule has 2 aromatic carbocycles. The van der Waals surface area contributed by atoms with Gasteiger partial charge in [0.25, 0.3) is 5.92 Å². The molecule has 2 fully saturated rings. The molecule has 0 bridgehead atoms. The predicted molar refractivity (Wildman–Crippen MR) is 122 cm³/mol. The van der Waals surface area contributed by atoms with Gasteiger partial charge in [-0.1, -0.05) is 48.5 Å². The van der Waals surface area contributed by atoms with Crippen LogP contribution in [0.5, 0.6) is 0 Å². The van der Waals surface area contributed by atoms with Gasteiger partial charge in [0, 0.05) is 25.6 Å². The van der Waals surface area contributed by atoms with Crippen LogP contribution in [0.2, 0.25) is 0 Å². The second kappa shape index (κ2) is 8.32. The Labute approximate surface area is 201 Å². The second-order valence-electron chi connectivity index (χ2n) is 9.84. The van der Waals surface area contributed by atoms with Crippen LogP contribution in [-0.4, -0.2) is 60.1 Å². The molecule has 2 aromatic rings. The van der Waals surface area contributed by atoms with Gasteiger partial charge in [-0.2, -0.15) is 0 Å². The van der Waals surface area contributed by atoms with Gasteiger partial charge >= 0.3 is 12.1 Å². The predicted octanol–water partition coefficient (Wildman–Crippen LogP) is 3.73. The summed E-state index contributed by atoms with van der Waals surface area (Å²) in [5.74, 6) is -8.12. The van der Waals surface area contributed by atoms with Crippen molar-refractivity contribution in [1.29, 1.82) is 0 Å². The summed E-state index contributed by atoms with van der Waals surface area (Å²) < 4.78 is 34.1. The molecule has 9 heteroatoms. The first kappa shape index (κ1) is 23.3. The standard InChI is InChI=1S/C26H26F2N2O5/c1-25(23(32)33)10-11-30(14-25)22(31)21-20(26(21,27)28)12-29-24(34)35-13-19-17-8-4-2-6-15(17)16-7-3-5-9-18(16)19/h2-9,19-21H,10-14H2,1H3,(H,29,34)(H,32,33). The van der Waals surface area contributed by atoms with E-state index in [4.69, 9.17) is 4.74 Å². The zero-order chi connectivity index (χ0) is 25.0. The van der Waals surface area contributed by atoms with Crippen molar-refractivity contribution in [1.82, 2.24) is 10.2 Å². The minimum Gasteiger partial charge on any atom is -0.481 e. The Kier molecular flexibility index (Phi) is 5.53. The number of ether oxygens (including phenoxy) is 1. The normalized spacial score (nSPS) is 26.1. The molecule has 184 valence electrons. The molecule has 3 aliphatic rings. The van der Waals surface area contributed by atoms with E-state index in [0.717, 1.165) is 22.3 Å². The van der Waals surface area contributed by atoms with Crippen molar-refractivity contribution in [3.05, 3.63) is 59.7 Å². The lowest BCUT2D eigenvalue weighted by Gasteiger charge is -2.20. The minimum atomic E-state index is -3.25. The number of aliphatic carboxylic acids is 1. The number of hydrogen-bond acceptors (Lipinski definition) is 4. The maximum atomic E-state index is 14.4. The van der Waals surface area contributed by atoms with Crippen molar-refractivity contribution in [2.45, 2.75) is 25.2 Å². The van der Waals surface area contributed by atoms with Crippen LogP contribution in [0, 0.1) is 17.3 Å². The highest BCUT2D eigenvalue weighted by Gasteiger charge is 2.72. The molecular formula is C26H26F2N2O5. The molecule has 5 rings (SSSR count). The number of benzene rings is 2. The summed E-state index contributed by atoms with van der Waals surface area (Å²) in [6.45, 7) is 1.19. The fraction of sp³-hybridized carbons (Fsp3) is 0.423. The zero-order valence-electron chi connectivity index (χ0n) is 19.2. The van der Waals surface area contributed by atoms with E-state index in [1.54, 1.807) is 0 Å². The molecule has 1 saturated carbocycles. The van der Waals surface area contributed by atoms with E-state index in [1.165, 1.54) is 11.8 Å². The third kappa shape index (κ3) is 3.92. The molecule has 2 aliphatic carbocycles. The number of alkyl carbamates (subject to hydrolysis) is 1. The van der Waals surface area contributed by atoms with Gasteiger partial charge in [0.05, 0.1) is 11.3 Å². The van der Waals surface area contributed by atoms with Gasteiger partial charge in [0.2, 0.25) is 5.91 Å². The van der Waals surface area contributed by atoms with Gasteiger partial charge in [0.1, 0.15) is 12.5 Å². The Hall–Kier alpha value is -3.49. The number of nitrogens with one attached hydrogen (secondary N) is 1. The number of carboxylic acid groups (broad SMARTS) is 1. The number of fused-ring (bicyclic) bond motifs is 3. The Bertz CT molecular complexity index is 1160. The number of likely N-dealkylation sites (tertiary alicyclic amines) is 1. The van der Waals surface area contributed by atoms with Gasteiger partial charge in [-0.15, -0.1) is 0 Å². The Balaban J connectivity index is 1.16. The van der Waals surface area contributed by atoms with Crippen molar-refractivity contribution in [3.63, 3.8) is 0 Å². The van der Waals surface area contributed by atoms with Gasteiger partial charge in [-0.3, -0.25) is 9.59 Å². The molecule has 1 saturated heterocycles. The van der Waals surface area contributed by atoms with Crippen LogP contribution in [-0.2, 0) is 14.3 Å². The summed E-state index contributed by atoms with van der Waals surface area (Å²) in [4.78, 5) is 37.5. The highest BCUT2D eigenvalue weighted by atomic mass is 19.3. The number of carboxylic acids is 1. The van der Waals surface area contributed by atoms with E-state index < -0.39 is 47.7 Å². The third-order valence-corrected chi connectivity index (χ3v) is 7.58. The molecule has 0 spiro atoms. The van der Waals surface area contributed by atoms with Gasteiger partial charge in [0.15, 0.2) is 0 Å². The molecule has 0 radical (unpaired) electrons. The van der Waals surface area contributed by atoms with Gasteiger partial charge in [-0.25, -0.2) is 13.6 Å². The molecule has 2 amide bonds. The molecule has 1 aliphatic heterocycles. The largest absolute Gasteiger partial charge is 0.481 e.